The molecule has 1 amide bonds. The molecule has 0 bridgehead atoms. The number of benzene rings is 2. The maximum absolute atomic E-state index is 12.7. The number of thiocarbonyl (C=S) groups is 1. The lowest BCUT2D eigenvalue weighted by Gasteiger charge is -2.35. The maximum atomic E-state index is 12.7. The largest absolute Gasteiger partial charge is 0.451 e. The van der Waals surface area contributed by atoms with Gasteiger partial charge in [0.25, 0.3) is 5.91 Å². The van der Waals surface area contributed by atoms with Crippen LogP contribution in [0.3, 0.4) is 0 Å². The Balaban J connectivity index is 1.41. The second-order valence-corrected chi connectivity index (χ2v) is 8.59. The molecule has 0 aliphatic carbocycles. The highest BCUT2D eigenvalue weighted by molar-refractivity contribution is 7.80. The van der Waals surface area contributed by atoms with E-state index in [-0.39, 0.29) is 16.8 Å². The van der Waals surface area contributed by atoms with Crippen LogP contribution in [0.5, 0.6) is 0 Å². The van der Waals surface area contributed by atoms with Gasteiger partial charge in [0.05, 0.1) is 11.4 Å². The number of nitrogens with zero attached hydrogens (tertiary/aromatic N) is 2. The number of nitrogens with one attached hydrogen (secondary N) is 2. The van der Waals surface area contributed by atoms with E-state index in [0.717, 1.165) is 43.1 Å². The Morgan fingerprint density at radius 1 is 0.969 bits per heavy atom. The predicted octanol–water partition coefficient (Wildman–Crippen LogP) is 4.44. The van der Waals surface area contributed by atoms with E-state index in [9.17, 15) is 4.79 Å². The van der Waals surface area contributed by atoms with Crippen LogP contribution < -0.4 is 15.5 Å². The lowest BCUT2D eigenvalue weighted by atomic mass is 10.1. The van der Waals surface area contributed by atoms with Gasteiger partial charge in [0, 0.05) is 31.7 Å². The predicted molar refractivity (Wildman–Crippen MR) is 133 cm³/mol. The van der Waals surface area contributed by atoms with Gasteiger partial charge >= 0.3 is 0 Å². The van der Waals surface area contributed by atoms with Crippen LogP contribution in [0, 0.1) is 13.8 Å². The van der Waals surface area contributed by atoms with E-state index in [2.05, 4.69) is 53.5 Å². The maximum Gasteiger partial charge on any atom is 0.293 e. The lowest BCUT2D eigenvalue weighted by Crippen LogP contribution is -2.45. The van der Waals surface area contributed by atoms with Gasteiger partial charge in [-0.05, 0) is 74.6 Å². The first-order valence-corrected chi connectivity index (χ1v) is 11.1. The Hall–Kier alpha value is -3.16. The molecule has 3 aromatic rings. The highest BCUT2D eigenvalue weighted by atomic mass is 32.1. The topological polar surface area (TPSA) is 60.8 Å². The van der Waals surface area contributed by atoms with Crippen molar-refractivity contribution in [1.29, 1.82) is 0 Å². The Morgan fingerprint density at radius 2 is 1.72 bits per heavy atom. The van der Waals surface area contributed by atoms with Crippen molar-refractivity contribution in [3.63, 3.8) is 0 Å². The third-order valence-corrected chi connectivity index (χ3v) is 6.05. The van der Waals surface area contributed by atoms with Gasteiger partial charge in [-0.2, -0.15) is 0 Å². The van der Waals surface area contributed by atoms with Crippen LogP contribution in [-0.4, -0.2) is 49.1 Å². The van der Waals surface area contributed by atoms with Gasteiger partial charge in [-0.1, -0.05) is 24.3 Å². The van der Waals surface area contributed by atoms with Gasteiger partial charge in [-0.25, -0.2) is 0 Å². The Bertz CT molecular complexity index is 1130. The molecule has 4 rings (SSSR count). The van der Waals surface area contributed by atoms with Crippen LogP contribution >= 0.6 is 12.2 Å². The molecule has 0 atom stereocenters. The molecule has 2 N–H and O–H groups in total. The summed E-state index contributed by atoms with van der Waals surface area (Å²) in [7, 11) is 2.13. The zero-order valence-corrected chi connectivity index (χ0v) is 19.5. The van der Waals surface area contributed by atoms with Gasteiger partial charge in [0.15, 0.2) is 10.9 Å². The molecule has 0 radical (unpaired) electrons. The first-order chi connectivity index (χ1) is 15.4. The molecule has 1 aliphatic heterocycles. The molecule has 0 saturated carbocycles. The number of aryl methyl sites for hydroxylation is 2. The van der Waals surface area contributed by atoms with Crippen molar-refractivity contribution in [2.45, 2.75) is 13.8 Å². The summed E-state index contributed by atoms with van der Waals surface area (Å²) in [5, 5.41) is 6.14. The number of furan rings is 1. The van der Waals surface area contributed by atoms with Crippen molar-refractivity contribution < 1.29 is 9.21 Å². The van der Waals surface area contributed by atoms with E-state index in [1.165, 1.54) is 11.1 Å². The molecule has 166 valence electrons. The van der Waals surface area contributed by atoms with Gasteiger partial charge in [-0.3, -0.25) is 10.1 Å². The second-order valence-electron chi connectivity index (χ2n) is 8.18. The highest BCUT2D eigenvalue weighted by Crippen LogP contribution is 2.27. The molecule has 2 heterocycles. The molecule has 1 aromatic heterocycles. The first-order valence-electron chi connectivity index (χ1n) is 10.7. The summed E-state index contributed by atoms with van der Waals surface area (Å²) in [4.78, 5) is 17.3. The molecule has 0 unspecified atom stereocenters. The van der Waals surface area contributed by atoms with Gasteiger partial charge in [0.1, 0.15) is 5.76 Å². The summed E-state index contributed by atoms with van der Waals surface area (Å²) < 4.78 is 5.79. The Morgan fingerprint density at radius 3 is 2.47 bits per heavy atom. The van der Waals surface area contributed by atoms with Crippen LogP contribution in [0.25, 0.3) is 11.3 Å². The summed E-state index contributed by atoms with van der Waals surface area (Å²) in [6.45, 7) is 8.03. The van der Waals surface area contributed by atoms with Crippen molar-refractivity contribution in [3.8, 4) is 11.3 Å². The minimum absolute atomic E-state index is 0.217. The number of anilines is 2. The molecule has 32 heavy (non-hydrogen) atoms. The van der Waals surface area contributed by atoms with Gasteiger partial charge in [-0.15, -0.1) is 0 Å². The van der Waals surface area contributed by atoms with E-state index >= 15 is 0 Å². The van der Waals surface area contributed by atoms with Crippen LogP contribution in [0.4, 0.5) is 11.4 Å². The fourth-order valence-electron chi connectivity index (χ4n) is 3.73. The summed E-state index contributed by atoms with van der Waals surface area (Å²) in [5.41, 5.74) is 5.28. The summed E-state index contributed by atoms with van der Waals surface area (Å²) >= 11 is 5.41. The second kappa shape index (κ2) is 9.54. The minimum Gasteiger partial charge on any atom is -0.451 e. The molecule has 7 heteroatoms. The third kappa shape index (κ3) is 5.00. The van der Waals surface area contributed by atoms with Crippen molar-refractivity contribution >= 4 is 34.6 Å². The van der Waals surface area contributed by atoms with E-state index in [0.29, 0.717) is 5.76 Å². The summed E-state index contributed by atoms with van der Waals surface area (Å²) in [5.74, 6) is 0.488. The molecule has 2 aromatic carbocycles. The zero-order chi connectivity index (χ0) is 22.7. The first kappa shape index (κ1) is 22.0. The number of amides is 1. The summed E-state index contributed by atoms with van der Waals surface area (Å²) in [6, 6.07) is 17.6. The molecule has 1 saturated heterocycles. The van der Waals surface area contributed by atoms with Crippen molar-refractivity contribution in [1.82, 2.24) is 10.2 Å². The van der Waals surface area contributed by atoms with E-state index in [1.54, 1.807) is 12.1 Å². The molecule has 1 fully saturated rings. The molecule has 1 aliphatic rings. The number of rotatable bonds is 4. The quantitative estimate of drug-likeness (QED) is 0.576. The van der Waals surface area contributed by atoms with E-state index < -0.39 is 0 Å². The monoisotopic (exact) mass is 448 g/mol. The normalized spacial score (nSPS) is 14.3. The fraction of sp³-hybridized carbons (Fsp3) is 0.280. The molecular weight excluding hydrogens is 420 g/mol. The van der Waals surface area contributed by atoms with E-state index in [1.807, 2.05) is 30.3 Å². The molecule has 0 spiro atoms. The van der Waals surface area contributed by atoms with Crippen molar-refractivity contribution in [3.05, 3.63) is 71.5 Å². The lowest BCUT2D eigenvalue weighted by molar-refractivity contribution is 0.0951. The average Bonchev–Trinajstić information content (AvgIpc) is 3.27. The number of carbonyl (C=O) groups excluding carboxylic acids is 1. The average molecular weight is 449 g/mol. The number of carbonyl (C=O) groups is 1. The van der Waals surface area contributed by atoms with Crippen molar-refractivity contribution in [2.75, 3.05) is 43.4 Å². The van der Waals surface area contributed by atoms with Crippen LogP contribution in [-0.2, 0) is 0 Å². The Kier molecular flexibility index (Phi) is 6.58. The number of para-hydroxylation sites is 2. The molecule has 6 nitrogen and oxygen atoms in total. The SMILES string of the molecule is Cc1ccc(-c2ccc(C(=O)NC(=S)Nc3ccccc3N3CCN(C)CC3)o2)cc1C. The van der Waals surface area contributed by atoms with Crippen LogP contribution in [0.2, 0.25) is 0 Å². The van der Waals surface area contributed by atoms with Crippen LogP contribution in [0.15, 0.2) is 59.0 Å². The smallest absolute Gasteiger partial charge is 0.293 e. The highest BCUT2D eigenvalue weighted by Gasteiger charge is 2.18. The number of likely N-dealkylation sites (N-methyl/N-ethyl adjacent to an activating group) is 1. The fourth-order valence-corrected chi connectivity index (χ4v) is 3.93. The number of hydrogen-bond acceptors (Lipinski definition) is 5. The Labute approximate surface area is 194 Å². The number of piperazine rings is 1. The van der Waals surface area contributed by atoms with E-state index in [4.69, 9.17) is 16.6 Å². The summed E-state index contributed by atoms with van der Waals surface area (Å²) in [6.07, 6.45) is 0. The zero-order valence-electron chi connectivity index (χ0n) is 18.6. The molecular formula is C25H28N4O2S. The standard InChI is InChI=1S/C25H28N4O2S/c1-17-8-9-19(16-18(17)2)22-10-11-23(31-22)24(30)27-25(32)26-20-6-4-5-7-21(20)29-14-12-28(3)13-15-29/h4-11,16H,12-15H2,1-3H3,(H2,26,27,30,32). The van der Waals surface area contributed by atoms with Gasteiger partial charge < -0.3 is 19.5 Å². The van der Waals surface area contributed by atoms with Crippen molar-refractivity contribution in [2.24, 2.45) is 0 Å². The third-order valence-electron chi connectivity index (χ3n) is 5.84. The minimum atomic E-state index is -0.380. The van der Waals surface area contributed by atoms with Crippen LogP contribution in [0.1, 0.15) is 21.7 Å². The van der Waals surface area contributed by atoms with Gasteiger partial charge in [0.2, 0.25) is 0 Å². The number of hydrogen-bond donors (Lipinski definition) is 2.